The maximum absolute atomic E-state index is 12.5. The Bertz CT molecular complexity index is 771. The molecule has 126 valence electrons. The normalized spacial score (nSPS) is 11.8. The highest BCUT2D eigenvalue weighted by molar-refractivity contribution is 5.79. The van der Waals surface area contributed by atoms with Gasteiger partial charge in [-0.2, -0.15) is 0 Å². The summed E-state index contributed by atoms with van der Waals surface area (Å²) < 4.78 is 0. The fourth-order valence-electron chi connectivity index (χ4n) is 2.55. The molecule has 0 spiro atoms. The van der Waals surface area contributed by atoms with E-state index in [0.29, 0.717) is 6.42 Å². The van der Waals surface area contributed by atoms with E-state index in [2.05, 4.69) is 0 Å². The van der Waals surface area contributed by atoms with Gasteiger partial charge in [0, 0.05) is 19.2 Å². The number of aryl methyl sites for hydroxylation is 2. The smallest absolute Gasteiger partial charge is 0.269 e. The Labute approximate surface area is 142 Å². The minimum absolute atomic E-state index is 0.0164. The van der Waals surface area contributed by atoms with Crippen LogP contribution in [0.3, 0.4) is 0 Å². The lowest BCUT2D eigenvalue weighted by Crippen LogP contribution is -2.31. The number of hydrogen-bond donors (Lipinski definition) is 0. The quantitative estimate of drug-likeness (QED) is 0.617. The molecule has 0 aliphatic heterocycles. The molecule has 0 unspecified atom stereocenters. The molecule has 0 aliphatic rings. The predicted octanol–water partition coefficient (Wildman–Crippen LogP) is 3.97. The summed E-state index contributed by atoms with van der Waals surface area (Å²) in [4.78, 5) is 24.6. The second kappa shape index (κ2) is 7.25. The number of rotatable bonds is 5. The lowest BCUT2D eigenvalue weighted by molar-refractivity contribution is -0.384. The number of amides is 1. The topological polar surface area (TPSA) is 63.5 Å². The predicted molar refractivity (Wildman–Crippen MR) is 93.9 cm³/mol. The van der Waals surface area contributed by atoms with Crippen molar-refractivity contribution in [2.24, 2.45) is 0 Å². The molecule has 24 heavy (non-hydrogen) atoms. The summed E-state index contributed by atoms with van der Waals surface area (Å²) in [5.74, 6) is -0.0164. The zero-order valence-corrected chi connectivity index (χ0v) is 14.4. The highest BCUT2D eigenvalue weighted by Gasteiger charge is 2.19. The van der Waals surface area contributed by atoms with Gasteiger partial charge in [0.15, 0.2) is 0 Å². The Hall–Kier alpha value is -2.69. The number of hydrogen-bond acceptors (Lipinski definition) is 3. The first-order valence-corrected chi connectivity index (χ1v) is 7.85. The van der Waals surface area contributed by atoms with Crippen LogP contribution < -0.4 is 0 Å². The number of carbonyl (C=O) groups excluding carboxylic acids is 1. The number of nitro benzene ring substituents is 1. The van der Waals surface area contributed by atoms with Gasteiger partial charge in [-0.05, 0) is 43.0 Å². The third-order valence-electron chi connectivity index (χ3n) is 4.46. The number of carbonyl (C=O) groups is 1. The van der Waals surface area contributed by atoms with Gasteiger partial charge < -0.3 is 4.90 Å². The van der Waals surface area contributed by atoms with Crippen molar-refractivity contribution in [1.82, 2.24) is 4.90 Å². The fourth-order valence-corrected chi connectivity index (χ4v) is 2.55. The number of nitrogens with zero attached hydrogens (tertiary/aromatic N) is 2. The minimum atomic E-state index is -0.423. The second-order valence-corrected chi connectivity index (χ2v) is 6.13. The molecule has 0 aliphatic carbocycles. The third-order valence-corrected chi connectivity index (χ3v) is 4.46. The van der Waals surface area contributed by atoms with Gasteiger partial charge in [0.2, 0.25) is 5.91 Å². The van der Waals surface area contributed by atoms with Gasteiger partial charge >= 0.3 is 0 Å². The molecule has 5 heteroatoms. The third kappa shape index (κ3) is 3.98. The number of benzene rings is 2. The molecule has 0 N–H and O–H groups in total. The van der Waals surface area contributed by atoms with Crippen molar-refractivity contribution in [2.75, 3.05) is 7.05 Å². The summed E-state index contributed by atoms with van der Waals surface area (Å²) in [6.07, 6.45) is 0.316. The second-order valence-electron chi connectivity index (χ2n) is 6.13. The fraction of sp³-hybridized carbons (Fsp3) is 0.316. The Morgan fingerprint density at radius 2 is 1.88 bits per heavy atom. The minimum Gasteiger partial charge on any atom is -0.339 e. The number of non-ortho nitro benzene ring substituents is 1. The van der Waals surface area contributed by atoms with Crippen molar-refractivity contribution in [3.63, 3.8) is 0 Å². The number of likely N-dealkylation sites (N-methyl/N-ethyl adjacent to an activating group) is 1. The van der Waals surface area contributed by atoms with Crippen molar-refractivity contribution in [1.29, 1.82) is 0 Å². The molecular formula is C19H22N2O3. The highest BCUT2D eigenvalue weighted by Crippen LogP contribution is 2.23. The summed E-state index contributed by atoms with van der Waals surface area (Å²) in [5.41, 5.74) is 4.12. The first kappa shape index (κ1) is 17.7. The number of nitro groups is 1. The molecule has 0 aromatic heterocycles. The molecule has 0 bridgehead atoms. The van der Waals surface area contributed by atoms with E-state index >= 15 is 0 Å². The lowest BCUT2D eigenvalue weighted by Gasteiger charge is -2.25. The molecule has 2 rings (SSSR count). The largest absolute Gasteiger partial charge is 0.339 e. The van der Waals surface area contributed by atoms with Gasteiger partial charge in [-0.3, -0.25) is 14.9 Å². The van der Waals surface area contributed by atoms with E-state index in [-0.39, 0.29) is 17.6 Å². The maximum atomic E-state index is 12.5. The van der Waals surface area contributed by atoms with E-state index in [4.69, 9.17) is 0 Å². The summed E-state index contributed by atoms with van der Waals surface area (Å²) in [5, 5.41) is 10.9. The van der Waals surface area contributed by atoms with E-state index in [1.807, 2.05) is 39.0 Å². The van der Waals surface area contributed by atoms with Gasteiger partial charge in [-0.1, -0.05) is 30.3 Å². The van der Waals surface area contributed by atoms with E-state index in [1.165, 1.54) is 17.7 Å². The van der Waals surface area contributed by atoms with Crippen molar-refractivity contribution >= 4 is 11.6 Å². The molecule has 1 amide bonds. The average Bonchev–Trinajstić information content (AvgIpc) is 2.56. The molecule has 0 radical (unpaired) electrons. The van der Waals surface area contributed by atoms with Crippen LogP contribution in [0.5, 0.6) is 0 Å². The summed E-state index contributed by atoms with van der Waals surface area (Å²) >= 11 is 0. The zero-order valence-electron chi connectivity index (χ0n) is 14.4. The monoisotopic (exact) mass is 326 g/mol. The molecule has 0 saturated carbocycles. The van der Waals surface area contributed by atoms with Crippen LogP contribution in [0.1, 0.15) is 35.2 Å². The van der Waals surface area contributed by atoms with Crippen LogP contribution in [0.15, 0.2) is 42.5 Å². The van der Waals surface area contributed by atoms with E-state index in [1.54, 1.807) is 24.1 Å². The van der Waals surface area contributed by atoms with Gasteiger partial charge in [0.05, 0.1) is 17.4 Å². The molecular weight excluding hydrogens is 304 g/mol. The Balaban J connectivity index is 2.13. The maximum Gasteiger partial charge on any atom is 0.269 e. The van der Waals surface area contributed by atoms with E-state index in [9.17, 15) is 14.9 Å². The van der Waals surface area contributed by atoms with Crippen LogP contribution in [-0.4, -0.2) is 22.8 Å². The van der Waals surface area contributed by atoms with Crippen LogP contribution in [0.2, 0.25) is 0 Å². The van der Waals surface area contributed by atoms with Crippen molar-refractivity contribution in [3.05, 3.63) is 74.8 Å². The highest BCUT2D eigenvalue weighted by atomic mass is 16.6. The van der Waals surface area contributed by atoms with Crippen molar-refractivity contribution in [3.8, 4) is 0 Å². The SMILES string of the molecule is Cc1ccc(CC(=O)N(C)[C@@H](C)c2cccc([N+](=O)[O-])c2)cc1C. The average molecular weight is 326 g/mol. The Kier molecular flexibility index (Phi) is 5.34. The standard InChI is InChI=1S/C19H22N2O3/c1-13-8-9-16(10-14(13)2)11-19(22)20(4)15(3)17-6-5-7-18(12-17)21(23)24/h5-10,12,15H,11H2,1-4H3/t15-/m0/s1. The molecule has 0 fully saturated rings. The summed E-state index contributed by atoms with van der Waals surface area (Å²) in [6, 6.07) is 12.2. The van der Waals surface area contributed by atoms with Crippen LogP contribution in [-0.2, 0) is 11.2 Å². The Morgan fingerprint density at radius 3 is 2.50 bits per heavy atom. The summed E-state index contributed by atoms with van der Waals surface area (Å²) in [7, 11) is 1.73. The Morgan fingerprint density at radius 1 is 1.17 bits per heavy atom. The zero-order chi connectivity index (χ0) is 17.9. The molecule has 0 heterocycles. The molecule has 1 atom stereocenters. The molecule has 0 saturated heterocycles. The van der Waals surface area contributed by atoms with Crippen LogP contribution in [0, 0.1) is 24.0 Å². The summed E-state index contributed by atoms with van der Waals surface area (Å²) in [6.45, 7) is 5.94. The van der Waals surface area contributed by atoms with Crippen molar-refractivity contribution in [2.45, 2.75) is 33.2 Å². The van der Waals surface area contributed by atoms with Gasteiger partial charge in [0.25, 0.3) is 5.69 Å². The van der Waals surface area contributed by atoms with Crippen LogP contribution >= 0.6 is 0 Å². The molecule has 2 aromatic carbocycles. The van der Waals surface area contributed by atoms with Crippen LogP contribution in [0.25, 0.3) is 0 Å². The van der Waals surface area contributed by atoms with Crippen LogP contribution in [0.4, 0.5) is 5.69 Å². The first-order chi connectivity index (χ1) is 11.3. The van der Waals surface area contributed by atoms with Gasteiger partial charge in [-0.15, -0.1) is 0 Å². The van der Waals surface area contributed by atoms with Crippen molar-refractivity contribution < 1.29 is 9.72 Å². The van der Waals surface area contributed by atoms with Gasteiger partial charge in [0.1, 0.15) is 0 Å². The van der Waals surface area contributed by atoms with Gasteiger partial charge in [-0.25, -0.2) is 0 Å². The molecule has 2 aromatic rings. The van der Waals surface area contributed by atoms with E-state index < -0.39 is 4.92 Å². The first-order valence-electron chi connectivity index (χ1n) is 7.85. The molecule has 5 nitrogen and oxygen atoms in total. The lowest BCUT2D eigenvalue weighted by atomic mass is 10.0. The van der Waals surface area contributed by atoms with E-state index in [0.717, 1.165) is 16.7 Å².